The Balaban J connectivity index is 1.91. The lowest BCUT2D eigenvalue weighted by atomic mass is 9.90. The van der Waals surface area contributed by atoms with Crippen LogP contribution < -0.4 is 10.6 Å². The quantitative estimate of drug-likeness (QED) is 0.273. The number of phenolic OH excluding ortho intramolecular Hbond substituents is 1. The summed E-state index contributed by atoms with van der Waals surface area (Å²) in [4.78, 5) is 25.0. The molecule has 0 spiro atoms. The predicted molar refractivity (Wildman–Crippen MR) is 121 cm³/mol. The van der Waals surface area contributed by atoms with Gasteiger partial charge in [0, 0.05) is 28.6 Å². The summed E-state index contributed by atoms with van der Waals surface area (Å²) in [5, 5.41) is 14.7. The van der Waals surface area contributed by atoms with Gasteiger partial charge in [-0.2, -0.15) is 26.3 Å². The van der Waals surface area contributed by atoms with E-state index in [9.17, 15) is 45.4 Å². The fourth-order valence-electron chi connectivity index (χ4n) is 3.48. The van der Waals surface area contributed by atoms with Crippen molar-refractivity contribution in [3.63, 3.8) is 0 Å². The molecular formula is C23H16BrF7N2O4. The molecule has 198 valence electrons. The molecule has 14 heteroatoms. The highest BCUT2D eigenvalue weighted by Crippen LogP contribution is 2.53. The molecule has 0 unspecified atom stereocenters. The molecule has 0 radical (unpaired) electrons. The SMILES string of the molecule is Cc1cc(C(F)(C(F)(F)F)C(F)(F)F)cc(C)c1NC(=O)c1cc(O)cc(NC(=O)c2ccc(Br)o2)c1. The molecule has 0 saturated carbocycles. The number of halogens is 8. The molecule has 0 atom stereocenters. The number of carbonyl (C=O) groups is 2. The van der Waals surface area contributed by atoms with Crippen LogP contribution in [0.5, 0.6) is 5.75 Å². The van der Waals surface area contributed by atoms with Gasteiger partial charge in [-0.1, -0.05) is 12.1 Å². The molecule has 0 aliphatic rings. The molecule has 1 aromatic heterocycles. The lowest BCUT2D eigenvalue weighted by Gasteiger charge is -2.31. The Labute approximate surface area is 212 Å². The van der Waals surface area contributed by atoms with Crippen LogP contribution in [0.2, 0.25) is 0 Å². The van der Waals surface area contributed by atoms with Crippen LogP contribution >= 0.6 is 15.9 Å². The minimum absolute atomic E-state index is 0.0240. The summed E-state index contributed by atoms with van der Waals surface area (Å²) in [6.07, 6.45) is -12.6. The zero-order chi connectivity index (χ0) is 27.9. The Morgan fingerprint density at radius 2 is 1.41 bits per heavy atom. The highest BCUT2D eigenvalue weighted by molar-refractivity contribution is 9.10. The van der Waals surface area contributed by atoms with Gasteiger partial charge in [-0.25, -0.2) is 4.39 Å². The molecule has 2 aromatic carbocycles. The Bertz CT molecular complexity index is 1330. The van der Waals surface area contributed by atoms with Crippen LogP contribution in [-0.2, 0) is 5.67 Å². The van der Waals surface area contributed by atoms with Crippen molar-refractivity contribution >= 4 is 39.1 Å². The fraction of sp³-hybridized carbons (Fsp3) is 0.217. The summed E-state index contributed by atoms with van der Waals surface area (Å²) in [5.74, 6) is -2.17. The zero-order valence-corrected chi connectivity index (χ0v) is 20.3. The van der Waals surface area contributed by atoms with Crippen molar-refractivity contribution in [3.05, 3.63) is 75.1 Å². The number of rotatable bonds is 5. The Kier molecular flexibility index (Phi) is 7.37. The number of anilines is 2. The largest absolute Gasteiger partial charge is 0.508 e. The molecule has 0 fully saturated rings. The second-order valence-corrected chi connectivity index (χ2v) is 8.70. The summed E-state index contributed by atoms with van der Waals surface area (Å²) < 4.78 is 98.6. The maximum Gasteiger partial charge on any atom is 0.435 e. The van der Waals surface area contributed by atoms with Gasteiger partial charge in [0.25, 0.3) is 11.8 Å². The van der Waals surface area contributed by atoms with Crippen LogP contribution in [0.4, 0.5) is 42.1 Å². The molecular weight excluding hydrogens is 581 g/mol. The van der Waals surface area contributed by atoms with E-state index in [4.69, 9.17) is 4.42 Å². The zero-order valence-electron chi connectivity index (χ0n) is 18.7. The normalized spacial score (nSPS) is 12.4. The van der Waals surface area contributed by atoms with Crippen molar-refractivity contribution in [2.75, 3.05) is 10.6 Å². The minimum atomic E-state index is -6.29. The van der Waals surface area contributed by atoms with Gasteiger partial charge in [0.2, 0.25) is 0 Å². The number of amides is 2. The van der Waals surface area contributed by atoms with Crippen LogP contribution in [0.3, 0.4) is 0 Å². The van der Waals surface area contributed by atoms with Gasteiger partial charge in [-0.05, 0) is 65.2 Å². The summed E-state index contributed by atoms with van der Waals surface area (Å²) >= 11 is 3.03. The number of carbonyl (C=O) groups excluding carboxylic acids is 2. The molecule has 3 rings (SSSR count). The maximum atomic E-state index is 14.5. The third-order valence-electron chi connectivity index (χ3n) is 5.19. The number of benzene rings is 2. The van der Waals surface area contributed by atoms with E-state index in [-0.39, 0.29) is 38.5 Å². The van der Waals surface area contributed by atoms with Crippen LogP contribution in [-0.4, -0.2) is 29.3 Å². The van der Waals surface area contributed by atoms with E-state index < -0.39 is 41.1 Å². The van der Waals surface area contributed by atoms with Crippen molar-refractivity contribution < 1.29 is 49.8 Å². The van der Waals surface area contributed by atoms with Gasteiger partial charge in [0.1, 0.15) is 5.75 Å². The van der Waals surface area contributed by atoms with E-state index in [1.54, 1.807) is 0 Å². The molecule has 3 N–H and O–H groups in total. The Morgan fingerprint density at radius 3 is 1.89 bits per heavy atom. The first kappa shape index (κ1) is 28.0. The van der Waals surface area contributed by atoms with Gasteiger partial charge >= 0.3 is 18.0 Å². The third-order valence-corrected chi connectivity index (χ3v) is 5.61. The number of alkyl halides is 7. The average molecular weight is 597 g/mol. The van der Waals surface area contributed by atoms with Crippen LogP contribution in [0, 0.1) is 13.8 Å². The van der Waals surface area contributed by atoms with Gasteiger partial charge in [0.15, 0.2) is 10.4 Å². The average Bonchev–Trinajstić information content (AvgIpc) is 3.19. The highest BCUT2D eigenvalue weighted by atomic mass is 79.9. The lowest BCUT2D eigenvalue weighted by molar-refractivity contribution is -0.348. The molecule has 0 bridgehead atoms. The van der Waals surface area contributed by atoms with Crippen LogP contribution in [0.1, 0.15) is 37.6 Å². The smallest absolute Gasteiger partial charge is 0.435 e. The number of aryl methyl sites for hydroxylation is 2. The monoisotopic (exact) mass is 596 g/mol. The second kappa shape index (κ2) is 9.72. The standard InChI is InChI=1S/C23H16BrF7N2O4/c1-10-5-13(21(25,22(26,27)28)23(29,30)31)6-11(2)18(10)33-19(35)12-7-14(9-15(34)8-12)32-20(36)16-3-4-17(24)37-16/h3-9,34H,1-2H3,(H,32,36)(H,33,35). The first-order chi connectivity index (χ1) is 16.9. The third kappa shape index (κ3) is 5.58. The lowest BCUT2D eigenvalue weighted by Crippen LogP contribution is -2.50. The number of hydrogen-bond acceptors (Lipinski definition) is 4. The number of phenols is 1. The first-order valence-corrected chi connectivity index (χ1v) is 10.9. The first-order valence-electron chi connectivity index (χ1n) is 10.1. The van der Waals surface area contributed by atoms with Crippen molar-refractivity contribution in [2.24, 2.45) is 0 Å². The van der Waals surface area contributed by atoms with Gasteiger partial charge in [-0.15, -0.1) is 0 Å². The molecule has 3 aromatic rings. The number of nitrogens with one attached hydrogen (secondary N) is 2. The molecule has 2 amide bonds. The van der Waals surface area contributed by atoms with Gasteiger partial charge in [-0.3, -0.25) is 9.59 Å². The summed E-state index contributed by atoms with van der Waals surface area (Å²) in [6.45, 7) is 2.18. The molecule has 6 nitrogen and oxygen atoms in total. The fourth-order valence-corrected chi connectivity index (χ4v) is 3.78. The van der Waals surface area contributed by atoms with Gasteiger partial charge in [0.05, 0.1) is 0 Å². The van der Waals surface area contributed by atoms with Crippen LogP contribution in [0.15, 0.2) is 51.6 Å². The Hall–Kier alpha value is -3.55. The summed E-state index contributed by atoms with van der Waals surface area (Å²) in [6, 6.07) is 6.79. The molecule has 1 heterocycles. The topological polar surface area (TPSA) is 91.6 Å². The van der Waals surface area contributed by atoms with Crippen molar-refractivity contribution in [3.8, 4) is 5.75 Å². The van der Waals surface area contributed by atoms with Gasteiger partial charge < -0.3 is 20.2 Å². The van der Waals surface area contributed by atoms with E-state index in [2.05, 4.69) is 26.6 Å². The number of furan rings is 1. The van der Waals surface area contributed by atoms with E-state index in [1.807, 2.05) is 0 Å². The van der Waals surface area contributed by atoms with Crippen molar-refractivity contribution in [1.82, 2.24) is 0 Å². The summed E-state index contributed by atoms with van der Waals surface area (Å²) in [7, 11) is 0. The van der Waals surface area contributed by atoms with Crippen LogP contribution in [0.25, 0.3) is 0 Å². The molecule has 0 saturated heterocycles. The van der Waals surface area contributed by atoms with E-state index in [0.717, 1.165) is 32.0 Å². The maximum absolute atomic E-state index is 14.5. The van der Waals surface area contributed by atoms with E-state index in [1.165, 1.54) is 12.1 Å². The molecule has 37 heavy (non-hydrogen) atoms. The number of hydrogen-bond donors (Lipinski definition) is 3. The van der Waals surface area contributed by atoms with Crippen molar-refractivity contribution in [1.29, 1.82) is 0 Å². The Morgan fingerprint density at radius 1 is 0.838 bits per heavy atom. The highest BCUT2D eigenvalue weighted by Gasteiger charge is 2.73. The number of aromatic hydroxyl groups is 1. The van der Waals surface area contributed by atoms with E-state index in [0.29, 0.717) is 12.1 Å². The predicted octanol–water partition coefficient (Wildman–Crippen LogP) is 7.16. The molecule has 0 aliphatic carbocycles. The second-order valence-electron chi connectivity index (χ2n) is 7.92. The van der Waals surface area contributed by atoms with Crippen molar-refractivity contribution in [2.45, 2.75) is 31.9 Å². The minimum Gasteiger partial charge on any atom is -0.508 e. The van der Waals surface area contributed by atoms with E-state index >= 15 is 0 Å². The summed E-state index contributed by atoms with van der Waals surface area (Å²) in [5.41, 5.74) is -8.29. The molecule has 0 aliphatic heterocycles.